The number of aliphatic hydroxyl groups is 1. The zero-order chi connectivity index (χ0) is 17.7. The highest BCUT2D eigenvalue weighted by Gasteiger charge is 2.27. The predicted molar refractivity (Wildman–Crippen MR) is 90.2 cm³/mol. The fourth-order valence-electron chi connectivity index (χ4n) is 2.33. The molecule has 0 aromatic carbocycles. The second-order valence-corrected chi connectivity index (χ2v) is 6.83. The summed E-state index contributed by atoms with van der Waals surface area (Å²) in [5.74, 6) is -0.481. The van der Waals surface area contributed by atoms with Gasteiger partial charge < -0.3 is 20.5 Å². The van der Waals surface area contributed by atoms with E-state index in [1.807, 2.05) is 0 Å². The maximum Gasteiger partial charge on any atom is 0.255 e. The van der Waals surface area contributed by atoms with Gasteiger partial charge in [0, 0.05) is 18.8 Å². The van der Waals surface area contributed by atoms with Crippen LogP contribution >= 0.6 is 11.6 Å². The van der Waals surface area contributed by atoms with E-state index in [4.69, 9.17) is 16.3 Å². The number of hydrogen-bond acceptors (Lipinski definition) is 5. The Kier molecular flexibility index (Phi) is 6.37. The highest BCUT2D eigenvalue weighted by atomic mass is 35.5. The molecule has 1 fully saturated rings. The van der Waals surface area contributed by atoms with Crippen LogP contribution in [0.5, 0.6) is 0 Å². The van der Waals surface area contributed by atoms with E-state index < -0.39 is 17.7 Å². The second kappa shape index (κ2) is 8.09. The summed E-state index contributed by atoms with van der Waals surface area (Å²) in [4.78, 5) is 16.3. The third-order valence-electron chi connectivity index (χ3n) is 3.84. The quantitative estimate of drug-likeness (QED) is 0.678. The van der Waals surface area contributed by atoms with E-state index in [0.717, 1.165) is 19.4 Å². The van der Waals surface area contributed by atoms with Crippen LogP contribution in [-0.2, 0) is 4.74 Å². The van der Waals surface area contributed by atoms with E-state index in [2.05, 4.69) is 15.6 Å². The maximum absolute atomic E-state index is 13.8. The normalized spacial score (nSPS) is 19.6. The second-order valence-electron chi connectivity index (χ2n) is 6.44. The fraction of sp³-hybridized carbons (Fsp3) is 0.625. The summed E-state index contributed by atoms with van der Waals surface area (Å²) in [6.45, 7) is 3.69. The number of alkyl halides is 1. The van der Waals surface area contributed by atoms with E-state index in [1.165, 1.54) is 20.0 Å². The largest absolute Gasteiger partial charge is 0.387 e. The number of ether oxygens (including phenoxy) is 1. The van der Waals surface area contributed by atoms with Crippen LogP contribution in [0.2, 0.25) is 5.15 Å². The van der Waals surface area contributed by atoms with Crippen molar-refractivity contribution in [3.05, 3.63) is 23.0 Å². The zero-order valence-corrected chi connectivity index (χ0v) is 14.6. The first kappa shape index (κ1) is 18.9. The number of nitrogens with zero attached hydrogens (tertiary/aromatic N) is 1. The average Bonchev–Trinajstić information content (AvgIpc) is 2.52. The molecule has 1 amide bonds. The number of nitrogens with one attached hydrogen (secondary N) is 2. The van der Waals surface area contributed by atoms with Gasteiger partial charge in [0.1, 0.15) is 11.3 Å². The van der Waals surface area contributed by atoms with Gasteiger partial charge in [-0.3, -0.25) is 4.79 Å². The Morgan fingerprint density at radius 1 is 1.62 bits per heavy atom. The van der Waals surface area contributed by atoms with Crippen molar-refractivity contribution >= 4 is 23.2 Å². The van der Waals surface area contributed by atoms with Crippen LogP contribution in [0.3, 0.4) is 0 Å². The first-order chi connectivity index (χ1) is 11.3. The van der Waals surface area contributed by atoms with Gasteiger partial charge in [-0.15, -0.1) is 0 Å². The summed E-state index contributed by atoms with van der Waals surface area (Å²) < 4.78 is 19.2. The summed E-state index contributed by atoms with van der Waals surface area (Å²) in [6.07, 6.45) is 1.63. The van der Waals surface area contributed by atoms with Crippen molar-refractivity contribution in [2.45, 2.75) is 44.5 Å². The SMILES string of the molecule is CC(C)(O)C(F)CNC(=O)c1cnc(Cl)cc1NC1CCCOC1. The lowest BCUT2D eigenvalue weighted by atomic mass is 10.0. The van der Waals surface area contributed by atoms with Gasteiger partial charge in [-0.2, -0.15) is 0 Å². The Balaban J connectivity index is 2.06. The van der Waals surface area contributed by atoms with Crippen LogP contribution < -0.4 is 10.6 Å². The fourth-order valence-corrected chi connectivity index (χ4v) is 2.49. The Morgan fingerprint density at radius 2 is 2.38 bits per heavy atom. The first-order valence-electron chi connectivity index (χ1n) is 7.92. The van der Waals surface area contributed by atoms with E-state index in [0.29, 0.717) is 12.3 Å². The summed E-state index contributed by atoms with van der Waals surface area (Å²) in [7, 11) is 0. The van der Waals surface area contributed by atoms with Gasteiger partial charge in [0.05, 0.1) is 30.0 Å². The topological polar surface area (TPSA) is 83.5 Å². The molecule has 1 aliphatic heterocycles. The molecule has 1 aliphatic rings. The summed E-state index contributed by atoms with van der Waals surface area (Å²) in [5, 5.41) is 15.6. The number of carbonyl (C=O) groups is 1. The summed E-state index contributed by atoms with van der Waals surface area (Å²) in [6, 6.07) is 1.64. The molecule has 24 heavy (non-hydrogen) atoms. The van der Waals surface area contributed by atoms with Gasteiger partial charge in [-0.05, 0) is 32.8 Å². The minimum absolute atomic E-state index is 0.0778. The van der Waals surface area contributed by atoms with Gasteiger partial charge in [0.25, 0.3) is 5.91 Å². The number of aromatic nitrogens is 1. The predicted octanol–water partition coefficient (Wildman–Crippen LogP) is 2.16. The average molecular weight is 360 g/mol. The molecule has 2 unspecified atom stereocenters. The van der Waals surface area contributed by atoms with Crippen LogP contribution in [0, 0.1) is 0 Å². The van der Waals surface area contributed by atoms with Gasteiger partial charge in [-0.1, -0.05) is 11.6 Å². The molecule has 1 saturated heterocycles. The molecule has 6 nitrogen and oxygen atoms in total. The van der Waals surface area contributed by atoms with E-state index in [-0.39, 0.29) is 23.3 Å². The van der Waals surface area contributed by atoms with Crippen LogP contribution in [0.4, 0.5) is 10.1 Å². The molecular weight excluding hydrogens is 337 g/mol. The van der Waals surface area contributed by atoms with Gasteiger partial charge in [-0.25, -0.2) is 9.37 Å². The number of hydrogen-bond donors (Lipinski definition) is 3. The summed E-state index contributed by atoms with van der Waals surface area (Å²) in [5.41, 5.74) is -0.721. The van der Waals surface area contributed by atoms with Crippen molar-refractivity contribution in [3.8, 4) is 0 Å². The lowest BCUT2D eigenvalue weighted by molar-refractivity contribution is -0.00177. The highest BCUT2D eigenvalue weighted by Crippen LogP contribution is 2.22. The molecule has 1 aromatic rings. The highest BCUT2D eigenvalue weighted by molar-refractivity contribution is 6.29. The Morgan fingerprint density at radius 3 is 3.00 bits per heavy atom. The lowest BCUT2D eigenvalue weighted by Crippen LogP contribution is -2.42. The van der Waals surface area contributed by atoms with Crippen molar-refractivity contribution in [1.82, 2.24) is 10.3 Å². The molecule has 2 heterocycles. The number of anilines is 1. The third kappa shape index (κ3) is 5.29. The van der Waals surface area contributed by atoms with Gasteiger partial charge >= 0.3 is 0 Å². The van der Waals surface area contributed by atoms with Gasteiger partial charge in [0.2, 0.25) is 0 Å². The van der Waals surface area contributed by atoms with Crippen molar-refractivity contribution in [1.29, 1.82) is 0 Å². The van der Waals surface area contributed by atoms with Crippen LogP contribution in [0.25, 0.3) is 0 Å². The van der Waals surface area contributed by atoms with Crippen LogP contribution in [0.1, 0.15) is 37.0 Å². The Labute approximate surface area is 145 Å². The minimum Gasteiger partial charge on any atom is -0.387 e. The molecule has 3 N–H and O–H groups in total. The first-order valence-corrected chi connectivity index (χ1v) is 8.29. The van der Waals surface area contributed by atoms with E-state index >= 15 is 0 Å². The molecule has 8 heteroatoms. The number of rotatable bonds is 6. The van der Waals surface area contributed by atoms with E-state index in [9.17, 15) is 14.3 Å². The summed E-state index contributed by atoms with van der Waals surface area (Å²) >= 11 is 5.92. The molecule has 0 bridgehead atoms. The molecule has 134 valence electrons. The van der Waals surface area contributed by atoms with Crippen LogP contribution in [-0.4, -0.2) is 53.6 Å². The standard InChI is InChI=1S/C16H23ClFN3O3/c1-16(2,23)13(18)8-20-15(22)11-7-19-14(17)6-12(11)21-10-4-3-5-24-9-10/h6-7,10,13,23H,3-5,8-9H2,1-2H3,(H,19,21)(H,20,22). The number of pyridine rings is 1. The molecule has 1 aromatic heterocycles. The molecule has 0 aliphatic carbocycles. The molecular formula is C16H23ClFN3O3. The molecule has 0 saturated carbocycles. The zero-order valence-electron chi connectivity index (χ0n) is 13.8. The molecule has 0 spiro atoms. The third-order valence-corrected chi connectivity index (χ3v) is 4.05. The van der Waals surface area contributed by atoms with E-state index in [1.54, 1.807) is 6.07 Å². The van der Waals surface area contributed by atoms with Crippen molar-refractivity contribution in [3.63, 3.8) is 0 Å². The van der Waals surface area contributed by atoms with Crippen molar-refractivity contribution < 1.29 is 19.0 Å². The van der Waals surface area contributed by atoms with Crippen molar-refractivity contribution in [2.24, 2.45) is 0 Å². The number of amides is 1. The molecule has 2 rings (SSSR count). The van der Waals surface area contributed by atoms with Crippen LogP contribution in [0.15, 0.2) is 12.3 Å². The minimum atomic E-state index is -1.58. The number of carbonyl (C=O) groups excluding carboxylic acids is 1. The Hall–Kier alpha value is -1.44. The smallest absolute Gasteiger partial charge is 0.255 e. The maximum atomic E-state index is 13.8. The monoisotopic (exact) mass is 359 g/mol. The van der Waals surface area contributed by atoms with Crippen molar-refractivity contribution in [2.75, 3.05) is 25.1 Å². The van der Waals surface area contributed by atoms with Gasteiger partial charge in [0.15, 0.2) is 0 Å². The lowest BCUT2D eigenvalue weighted by Gasteiger charge is -2.25. The number of halogens is 2. The Bertz CT molecular complexity index is 574. The molecule has 2 atom stereocenters. The molecule has 0 radical (unpaired) electrons.